The number of nitrogens with zero attached hydrogens (tertiary/aromatic N) is 4. The Hall–Kier alpha value is -3.28. The Labute approximate surface area is 199 Å². The van der Waals surface area contributed by atoms with E-state index in [-0.39, 0.29) is 11.2 Å². The largest absolute Gasteiger partial charge is 0.465 e. The fraction of sp³-hybridized carbons (Fsp3) is 0.348. The third-order valence-electron chi connectivity index (χ3n) is 5.57. The number of non-ortho nitro benzene ring substituents is 1. The topological polar surface area (TPSA) is 117 Å². The molecule has 1 saturated heterocycles. The minimum atomic E-state index is -0.508. The van der Waals surface area contributed by atoms with E-state index in [9.17, 15) is 19.7 Å². The molecule has 10 nitrogen and oxygen atoms in total. The van der Waals surface area contributed by atoms with E-state index in [1.807, 2.05) is 0 Å². The molecule has 2 heterocycles. The predicted molar refractivity (Wildman–Crippen MR) is 127 cm³/mol. The number of thioether (sulfide) groups is 1. The Morgan fingerprint density at radius 3 is 2.74 bits per heavy atom. The van der Waals surface area contributed by atoms with Gasteiger partial charge in [-0.15, -0.1) is 0 Å². The van der Waals surface area contributed by atoms with E-state index in [4.69, 9.17) is 14.5 Å². The van der Waals surface area contributed by atoms with E-state index in [0.29, 0.717) is 53.7 Å². The lowest BCUT2D eigenvalue weighted by Crippen LogP contribution is -2.39. The van der Waals surface area contributed by atoms with Crippen molar-refractivity contribution in [3.8, 4) is 0 Å². The molecule has 1 aliphatic heterocycles. The van der Waals surface area contributed by atoms with Crippen LogP contribution in [-0.4, -0.2) is 65.3 Å². The van der Waals surface area contributed by atoms with Crippen LogP contribution in [0, 0.1) is 10.1 Å². The van der Waals surface area contributed by atoms with E-state index < -0.39 is 10.9 Å². The van der Waals surface area contributed by atoms with Crippen LogP contribution in [0.1, 0.15) is 15.9 Å². The van der Waals surface area contributed by atoms with E-state index in [0.717, 1.165) is 18.7 Å². The molecule has 0 spiro atoms. The molecule has 0 atom stereocenters. The number of benzene rings is 2. The van der Waals surface area contributed by atoms with Gasteiger partial charge in [-0.2, -0.15) is 0 Å². The van der Waals surface area contributed by atoms with Gasteiger partial charge in [0.15, 0.2) is 5.16 Å². The fourth-order valence-corrected chi connectivity index (χ4v) is 4.70. The number of carbonyl (C=O) groups is 1. The number of morpholine rings is 1. The number of aromatic nitrogens is 2. The molecular formula is C23H24N4O6S. The highest BCUT2D eigenvalue weighted by molar-refractivity contribution is 7.98. The van der Waals surface area contributed by atoms with Crippen LogP contribution in [0.25, 0.3) is 10.9 Å². The average molecular weight is 485 g/mol. The summed E-state index contributed by atoms with van der Waals surface area (Å²) in [7, 11) is 1.30. The van der Waals surface area contributed by atoms with Crippen molar-refractivity contribution in [1.82, 2.24) is 14.5 Å². The summed E-state index contributed by atoms with van der Waals surface area (Å²) in [5, 5.41) is 12.0. The molecule has 0 N–H and O–H groups in total. The third kappa shape index (κ3) is 5.44. The minimum absolute atomic E-state index is 0.0111. The van der Waals surface area contributed by atoms with Gasteiger partial charge in [0.25, 0.3) is 11.2 Å². The van der Waals surface area contributed by atoms with Crippen molar-refractivity contribution in [3.63, 3.8) is 0 Å². The van der Waals surface area contributed by atoms with Gasteiger partial charge in [0.05, 0.1) is 41.7 Å². The second kappa shape index (κ2) is 10.8. The molecule has 1 aliphatic rings. The van der Waals surface area contributed by atoms with Crippen LogP contribution in [0.2, 0.25) is 0 Å². The third-order valence-corrected chi connectivity index (χ3v) is 6.62. The molecule has 0 unspecified atom stereocenters. The SMILES string of the molecule is COC(=O)c1ccc2c(=O)n(CCN3CCOCC3)c(SCc3cccc([N+](=O)[O-])c3)nc2c1. The van der Waals surface area contributed by atoms with Crippen LogP contribution in [0.3, 0.4) is 0 Å². The summed E-state index contributed by atoms with van der Waals surface area (Å²) in [5.74, 6) is -0.112. The minimum Gasteiger partial charge on any atom is -0.465 e. The summed E-state index contributed by atoms with van der Waals surface area (Å²) in [4.78, 5) is 42.9. The first-order chi connectivity index (χ1) is 16.5. The van der Waals surface area contributed by atoms with Gasteiger partial charge in [0.2, 0.25) is 0 Å². The van der Waals surface area contributed by atoms with Crippen LogP contribution < -0.4 is 5.56 Å². The molecule has 4 rings (SSSR count). The van der Waals surface area contributed by atoms with Gasteiger partial charge in [0.1, 0.15) is 0 Å². The van der Waals surface area contributed by atoms with Crippen molar-refractivity contribution in [2.75, 3.05) is 40.0 Å². The van der Waals surface area contributed by atoms with Gasteiger partial charge >= 0.3 is 5.97 Å². The molecule has 0 saturated carbocycles. The molecule has 1 aromatic heterocycles. The number of ether oxygens (including phenoxy) is 2. The lowest BCUT2D eigenvalue weighted by Gasteiger charge is -2.27. The lowest BCUT2D eigenvalue weighted by atomic mass is 10.1. The van der Waals surface area contributed by atoms with Crippen molar-refractivity contribution in [2.45, 2.75) is 17.5 Å². The molecule has 0 radical (unpaired) electrons. The van der Waals surface area contributed by atoms with Crippen LogP contribution in [-0.2, 0) is 21.8 Å². The monoisotopic (exact) mass is 484 g/mol. The number of hydrogen-bond donors (Lipinski definition) is 0. The molecule has 178 valence electrons. The summed E-state index contributed by atoms with van der Waals surface area (Å²) in [6.07, 6.45) is 0. The molecule has 0 aliphatic carbocycles. The Kier molecular flexibility index (Phi) is 7.56. The molecular weight excluding hydrogens is 460 g/mol. The van der Waals surface area contributed by atoms with E-state index in [1.165, 1.54) is 31.0 Å². The lowest BCUT2D eigenvalue weighted by molar-refractivity contribution is -0.384. The smallest absolute Gasteiger partial charge is 0.337 e. The standard InChI is InChI=1S/C23H24N4O6S/c1-32-22(29)17-5-6-19-20(14-17)24-23(34-15-16-3-2-4-18(13-16)27(30)31)26(21(19)28)8-7-25-9-11-33-12-10-25/h2-6,13-14H,7-12,15H2,1H3. The van der Waals surface area contributed by atoms with Crippen molar-refractivity contribution in [3.05, 3.63) is 74.1 Å². The van der Waals surface area contributed by atoms with Gasteiger partial charge in [-0.1, -0.05) is 23.9 Å². The number of nitro benzene ring substituents is 1. The first kappa shape index (κ1) is 23.9. The molecule has 0 bridgehead atoms. The zero-order valence-corrected chi connectivity index (χ0v) is 19.5. The molecule has 0 amide bonds. The molecule has 34 heavy (non-hydrogen) atoms. The number of nitro groups is 1. The normalized spacial score (nSPS) is 14.3. The van der Waals surface area contributed by atoms with Crippen molar-refractivity contribution in [1.29, 1.82) is 0 Å². The van der Waals surface area contributed by atoms with Crippen molar-refractivity contribution < 1.29 is 19.2 Å². The van der Waals surface area contributed by atoms with Crippen molar-refractivity contribution >= 4 is 34.3 Å². The zero-order chi connectivity index (χ0) is 24.1. The van der Waals surface area contributed by atoms with Crippen LogP contribution in [0.5, 0.6) is 0 Å². The number of rotatable bonds is 8. The van der Waals surface area contributed by atoms with Gasteiger partial charge in [0, 0.05) is 44.1 Å². The Morgan fingerprint density at radius 2 is 2.00 bits per heavy atom. The average Bonchev–Trinajstić information content (AvgIpc) is 2.87. The number of hydrogen-bond acceptors (Lipinski definition) is 9. The maximum atomic E-state index is 13.4. The molecule has 3 aromatic rings. The predicted octanol–water partition coefficient (Wildman–Crippen LogP) is 2.72. The molecule has 11 heteroatoms. The summed E-state index contributed by atoms with van der Waals surface area (Å²) in [6, 6.07) is 11.1. The van der Waals surface area contributed by atoms with E-state index in [1.54, 1.807) is 34.9 Å². The number of esters is 1. The molecule has 1 fully saturated rings. The van der Waals surface area contributed by atoms with E-state index in [2.05, 4.69) is 4.90 Å². The summed E-state index contributed by atoms with van der Waals surface area (Å²) >= 11 is 1.33. The number of fused-ring (bicyclic) bond motifs is 1. The Balaban J connectivity index is 1.67. The second-order valence-corrected chi connectivity index (χ2v) is 8.69. The maximum absolute atomic E-state index is 13.4. The van der Waals surface area contributed by atoms with E-state index >= 15 is 0 Å². The highest BCUT2D eigenvalue weighted by Crippen LogP contribution is 2.25. The highest BCUT2D eigenvalue weighted by atomic mass is 32.2. The van der Waals surface area contributed by atoms with Crippen LogP contribution >= 0.6 is 11.8 Å². The fourth-order valence-electron chi connectivity index (χ4n) is 3.73. The quantitative estimate of drug-likeness (QED) is 0.156. The van der Waals surface area contributed by atoms with Gasteiger partial charge in [-0.05, 0) is 23.8 Å². The summed E-state index contributed by atoms with van der Waals surface area (Å²) in [5.41, 5.74) is 1.27. The van der Waals surface area contributed by atoms with Crippen LogP contribution in [0.4, 0.5) is 5.69 Å². The summed E-state index contributed by atoms with van der Waals surface area (Å²) in [6.45, 7) is 4.03. The highest BCUT2D eigenvalue weighted by Gasteiger charge is 2.17. The van der Waals surface area contributed by atoms with Crippen molar-refractivity contribution in [2.24, 2.45) is 0 Å². The summed E-state index contributed by atoms with van der Waals surface area (Å²) < 4.78 is 11.8. The first-order valence-electron chi connectivity index (χ1n) is 10.8. The molecule has 2 aromatic carbocycles. The first-order valence-corrected chi connectivity index (χ1v) is 11.7. The number of carbonyl (C=O) groups excluding carboxylic acids is 1. The maximum Gasteiger partial charge on any atom is 0.337 e. The second-order valence-electron chi connectivity index (χ2n) is 7.74. The van der Waals surface area contributed by atoms with Gasteiger partial charge in [-0.25, -0.2) is 9.78 Å². The Bertz CT molecular complexity index is 1270. The van der Waals surface area contributed by atoms with Crippen LogP contribution in [0.15, 0.2) is 52.4 Å². The number of methoxy groups -OCH3 is 1. The van der Waals surface area contributed by atoms with Gasteiger partial charge < -0.3 is 9.47 Å². The zero-order valence-electron chi connectivity index (χ0n) is 18.6. The Morgan fingerprint density at radius 1 is 1.21 bits per heavy atom. The van der Waals surface area contributed by atoms with Gasteiger partial charge in [-0.3, -0.25) is 24.4 Å².